The van der Waals surface area contributed by atoms with Gasteiger partial charge >= 0.3 is 7.82 Å². The first-order chi connectivity index (χ1) is 27.3. The van der Waals surface area contributed by atoms with Crippen molar-refractivity contribution in [1.82, 2.24) is 5.32 Å². The van der Waals surface area contributed by atoms with Crippen molar-refractivity contribution in [2.75, 3.05) is 19.8 Å². The van der Waals surface area contributed by atoms with E-state index in [9.17, 15) is 24.5 Å². The number of amides is 1. The minimum absolute atomic E-state index is 0.0602. The number of carbonyl (C=O) groups excluding carboxylic acids is 1. The summed E-state index contributed by atoms with van der Waals surface area (Å²) in [5.41, 5.74) is 5.38. The monoisotopic (exact) mass is 817 g/mol. The van der Waals surface area contributed by atoms with Gasteiger partial charge in [0.15, 0.2) is 0 Å². The third kappa shape index (κ3) is 40.0. The Labute approximate surface area is 346 Å². The minimum Gasteiger partial charge on any atom is -0.393 e. The molecule has 0 saturated carbocycles. The lowest BCUT2D eigenvalue weighted by Gasteiger charge is -2.25. The molecule has 334 valence electrons. The highest BCUT2D eigenvalue weighted by Gasteiger charge is 2.28. The number of hydrogen-bond donors (Lipinski definition) is 5. The van der Waals surface area contributed by atoms with Gasteiger partial charge in [-0.1, -0.05) is 206 Å². The first kappa shape index (κ1) is 55.2. The van der Waals surface area contributed by atoms with Crippen LogP contribution in [0.4, 0.5) is 0 Å². The summed E-state index contributed by atoms with van der Waals surface area (Å²) >= 11 is 0. The number of nitrogens with two attached hydrogens (primary N) is 1. The molecule has 4 unspecified atom stereocenters. The molecular weight excluding hydrogens is 723 g/mol. The van der Waals surface area contributed by atoms with Gasteiger partial charge in [-0.25, -0.2) is 4.57 Å². The number of phosphoric ester groups is 1. The zero-order chi connectivity index (χ0) is 41.2. The fraction of sp³-hybridized carbons (Fsp3) is 0.935. The maximum Gasteiger partial charge on any atom is 0.472 e. The van der Waals surface area contributed by atoms with Crippen molar-refractivity contribution in [1.29, 1.82) is 0 Å². The molecule has 0 aromatic rings. The lowest BCUT2D eigenvalue weighted by atomic mass is 10.0. The summed E-state index contributed by atoms with van der Waals surface area (Å²) in [6, 6.07) is -0.896. The highest BCUT2D eigenvalue weighted by atomic mass is 31.2. The molecule has 0 aromatic carbocycles. The number of carbonyl (C=O) groups is 1. The average Bonchev–Trinajstić information content (AvgIpc) is 3.17. The largest absolute Gasteiger partial charge is 0.472 e. The molecule has 0 heterocycles. The van der Waals surface area contributed by atoms with E-state index >= 15 is 0 Å². The van der Waals surface area contributed by atoms with E-state index < -0.39 is 32.0 Å². The Bertz CT molecular complexity index is 909. The van der Waals surface area contributed by atoms with Gasteiger partial charge in [-0.2, -0.15) is 0 Å². The van der Waals surface area contributed by atoms with E-state index in [1.165, 1.54) is 161 Å². The topological polar surface area (TPSA) is 151 Å². The molecular formula is C46H93N2O7P. The number of aliphatic hydroxyl groups excluding tert-OH is 2. The third-order valence-electron chi connectivity index (χ3n) is 10.9. The lowest BCUT2D eigenvalue weighted by Crippen LogP contribution is -2.47. The van der Waals surface area contributed by atoms with E-state index in [-0.39, 0.29) is 26.2 Å². The first-order valence-electron chi connectivity index (χ1n) is 23.9. The molecule has 4 atom stereocenters. The molecule has 0 aliphatic carbocycles. The quantitative estimate of drug-likeness (QED) is 0.0231. The first-order valence-corrected chi connectivity index (χ1v) is 25.4. The van der Waals surface area contributed by atoms with E-state index in [2.05, 4.69) is 31.3 Å². The zero-order valence-corrected chi connectivity index (χ0v) is 37.7. The average molecular weight is 817 g/mol. The highest BCUT2D eigenvalue weighted by Crippen LogP contribution is 2.43. The van der Waals surface area contributed by atoms with Crippen LogP contribution in [0.15, 0.2) is 12.2 Å². The second kappa shape index (κ2) is 42.3. The second-order valence-electron chi connectivity index (χ2n) is 16.5. The summed E-state index contributed by atoms with van der Waals surface area (Å²) in [4.78, 5) is 22.8. The van der Waals surface area contributed by atoms with Gasteiger partial charge in [0.1, 0.15) is 0 Å². The van der Waals surface area contributed by atoms with Crippen molar-refractivity contribution >= 4 is 13.7 Å². The Kier molecular flexibility index (Phi) is 41.7. The summed E-state index contributed by atoms with van der Waals surface area (Å²) < 4.78 is 22.2. The van der Waals surface area contributed by atoms with E-state index in [0.29, 0.717) is 12.8 Å². The van der Waals surface area contributed by atoms with Crippen molar-refractivity contribution in [2.24, 2.45) is 5.73 Å². The second-order valence-corrected chi connectivity index (χ2v) is 18.0. The van der Waals surface area contributed by atoms with E-state index in [4.69, 9.17) is 14.8 Å². The molecule has 1 amide bonds. The molecule has 56 heavy (non-hydrogen) atoms. The van der Waals surface area contributed by atoms with Gasteiger partial charge in [0.25, 0.3) is 0 Å². The Balaban J connectivity index is 4.17. The smallest absolute Gasteiger partial charge is 0.393 e. The molecule has 0 aliphatic heterocycles. The molecule has 9 nitrogen and oxygen atoms in total. The number of allylic oxidation sites excluding steroid dienone is 2. The number of rotatable bonds is 45. The minimum atomic E-state index is -4.38. The van der Waals surface area contributed by atoms with E-state index in [1.807, 2.05) is 0 Å². The van der Waals surface area contributed by atoms with Crippen molar-refractivity contribution in [2.45, 2.75) is 257 Å². The highest BCUT2D eigenvalue weighted by molar-refractivity contribution is 7.47. The molecule has 0 aliphatic rings. The van der Waals surface area contributed by atoms with Crippen LogP contribution in [-0.2, 0) is 18.4 Å². The summed E-state index contributed by atoms with van der Waals surface area (Å²) in [6.45, 7) is 4.05. The standard InChI is InChI=1S/C46H93N2O7P/c1-3-5-7-9-11-13-15-17-18-19-20-21-22-23-24-26-28-30-32-34-36-38-45(50)44(42-55-56(52,53)54-40-39-47)48-46(51)41-43(49)37-35-33-31-29-27-25-16-14-12-10-8-6-4-2/h14,16,43-45,49-50H,3-13,15,17-42,47H2,1-2H3,(H,48,51)(H,52,53)/b16-14-. The van der Waals surface area contributed by atoms with Crippen LogP contribution in [0.2, 0.25) is 0 Å². The number of phosphoric acid groups is 1. The molecule has 0 bridgehead atoms. The Morgan fingerprint density at radius 2 is 0.964 bits per heavy atom. The van der Waals surface area contributed by atoms with Crippen LogP contribution in [-0.4, -0.2) is 59.0 Å². The van der Waals surface area contributed by atoms with Crippen LogP contribution in [0.1, 0.15) is 239 Å². The van der Waals surface area contributed by atoms with Crippen LogP contribution in [0.5, 0.6) is 0 Å². The summed E-state index contributed by atoms with van der Waals surface area (Å²) in [5.74, 6) is -0.416. The van der Waals surface area contributed by atoms with Crippen LogP contribution in [0, 0.1) is 0 Å². The van der Waals surface area contributed by atoms with Crippen LogP contribution < -0.4 is 11.1 Å². The van der Waals surface area contributed by atoms with Gasteiger partial charge in [0, 0.05) is 6.54 Å². The number of aliphatic hydroxyl groups is 2. The summed E-state index contributed by atoms with van der Waals surface area (Å²) in [6.07, 6.45) is 44.0. The van der Waals surface area contributed by atoms with Gasteiger partial charge < -0.3 is 26.2 Å². The van der Waals surface area contributed by atoms with Gasteiger partial charge in [-0.3, -0.25) is 13.8 Å². The molecule has 0 saturated heterocycles. The molecule has 10 heteroatoms. The molecule has 0 radical (unpaired) electrons. The maximum atomic E-state index is 12.8. The fourth-order valence-corrected chi connectivity index (χ4v) is 8.05. The van der Waals surface area contributed by atoms with Gasteiger partial charge in [-0.15, -0.1) is 0 Å². The molecule has 0 fully saturated rings. The summed E-state index contributed by atoms with van der Waals surface area (Å²) in [7, 11) is -4.38. The van der Waals surface area contributed by atoms with Crippen LogP contribution in [0.3, 0.4) is 0 Å². The number of nitrogens with one attached hydrogen (secondary N) is 1. The predicted molar refractivity (Wildman–Crippen MR) is 237 cm³/mol. The normalized spacial score (nSPS) is 14.6. The SMILES string of the molecule is CCCCCC/C=C\CCCCCCCC(O)CC(=O)NC(COP(=O)(O)OCCN)C(O)CCCCCCCCCCCCCCCCCCCCCCC. The fourth-order valence-electron chi connectivity index (χ4n) is 7.29. The van der Waals surface area contributed by atoms with Crippen LogP contribution in [0.25, 0.3) is 0 Å². The van der Waals surface area contributed by atoms with Crippen molar-refractivity contribution in [3.05, 3.63) is 12.2 Å². The molecule has 0 aromatic heterocycles. The maximum absolute atomic E-state index is 12.8. The number of hydrogen-bond acceptors (Lipinski definition) is 7. The molecule has 0 rings (SSSR count). The Hall–Kier alpha value is -0.800. The zero-order valence-electron chi connectivity index (χ0n) is 36.8. The van der Waals surface area contributed by atoms with Gasteiger partial charge in [0.05, 0.1) is 37.9 Å². The van der Waals surface area contributed by atoms with Crippen molar-refractivity contribution < 1.29 is 33.5 Å². The van der Waals surface area contributed by atoms with Gasteiger partial charge in [-0.05, 0) is 38.5 Å². The Morgan fingerprint density at radius 3 is 1.39 bits per heavy atom. The van der Waals surface area contributed by atoms with Crippen molar-refractivity contribution in [3.63, 3.8) is 0 Å². The lowest BCUT2D eigenvalue weighted by molar-refractivity contribution is -0.125. The van der Waals surface area contributed by atoms with E-state index in [0.717, 1.165) is 44.9 Å². The predicted octanol–water partition coefficient (Wildman–Crippen LogP) is 12.5. The molecule has 0 spiro atoms. The Morgan fingerprint density at radius 1 is 0.589 bits per heavy atom. The third-order valence-corrected chi connectivity index (χ3v) is 11.9. The van der Waals surface area contributed by atoms with Gasteiger partial charge in [0.2, 0.25) is 5.91 Å². The molecule has 6 N–H and O–H groups in total. The summed E-state index contributed by atoms with van der Waals surface area (Å²) in [5, 5.41) is 24.2. The van der Waals surface area contributed by atoms with Crippen LogP contribution >= 0.6 is 7.82 Å². The van der Waals surface area contributed by atoms with E-state index in [1.54, 1.807) is 0 Å². The number of unbranched alkanes of at least 4 members (excludes halogenated alkanes) is 29. The van der Waals surface area contributed by atoms with Crippen molar-refractivity contribution in [3.8, 4) is 0 Å².